The zero-order chi connectivity index (χ0) is 47.5. The molecule has 0 radical (unpaired) electrons. The van der Waals surface area contributed by atoms with E-state index in [0.29, 0.717) is 57.8 Å². The average molecular weight is 931 g/mol. The number of alkyl carbamates (subject to hydrolysis) is 4. The number of carbonyl (C=O) groups excluding carboxylic acids is 6. The molecular formula is C42H74N4O15Si2. The summed E-state index contributed by atoms with van der Waals surface area (Å²) in [6.45, 7) is 27.2. The van der Waals surface area contributed by atoms with Crippen LogP contribution in [0.2, 0.25) is 32.2 Å². The first kappa shape index (κ1) is 54.9. The van der Waals surface area contributed by atoms with E-state index in [2.05, 4.69) is 75.2 Å². The van der Waals surface area contributed by atoms with E-state index in [1.54, 1.807) is 0 Å². The fourth-order valence-corrected chi connectivity index (χ4v) is 11.7. The second-order valence-electron chi connectivity index (χ2n) is 20.3. The molecule has 0 spiro atoms. The van der Waals surface area contributed by atoms with Crippen molar-refractivity contribution in [2.75, 3.05) is 59.3 Å². The lowest BCUT2D eigenvalue weighted by Crippen LogP contribution is -2.50. The second-order valence-corrected chi connectivity index (χ2v) is 29.5. The summed E-state index contributed by atoms with van der Waals surface area (Å²) in [7, 11) is -4.13. The highest BCUT2D eigenvalue weighted by Gasteiger charge is 2.43. The van der Waals surface area contributed by atoms with Gasteiger partial charge in [0.05, 0.1) is 14.3 Å². The Morgan fingerprint density at radius 3 is 1.38 bits per heavy atom. The predicted octanol–water partition coefficient (Wildman–Crippen LogP) is 6.39. The third-order valence-electron chi connectivity index (χ3n) is 10.7. The van der Waals surface area contributed by atoms with Gasteiger partial charge in [-0.2, -0.15) is 0 Å². The van der Waals surface area contributed by atoms with Gasteiger partial charge in [-0.1, -0.05) is 67.8 Å². The third kappa shape index (κ3) is 23.4. The van der Waals surface area contributed by atoms with Crippen LogP contribution >= 0.6 is 0 Å². The van der Waals surface area contributed by atoms with Crippen molar-refractivity contribution in [1.82, 2.24) is 21.3 Å². The summed E-state index contributed by atoms with van der Waals surface area (Å²) < 4.78 is 47.6. The average Bonchev–Trinajstić information content (AvgIpc) is 3.14. The van der Waals surface area contributed by atoms with E-state index in [1.807, 2.05) is 26.9 Å². The minimum Gasteiger partial charge on any atom is -0.425 e. The van der Waals surface area contributed by atoms with Crippen molar-refractivity contribution in [3.63, 3.8) is 0 Å². The number of amides is 4. The SMILES string of the molecule is C=CC(=O)OCOC(=O)NC1CC(C)(C)CC(C)(CNC(=O)OCOC[Si](C)(C)CCO[Si](C)(C)COCOC(=O)NCC2(C)CC(NC(=O)OCOC(=O)C=C)CC(C)(C)C2)C1. The van der Waals surface area contributed by atoms with E-state index in [-0.39, 0.29) is 47.3 Å². The highest BCUT2D eigenvalue weighted by atomic mass is 28.4. The van der Waals surface area contributed by atoms with Gasteiger partial charge in [0.2, 0.25) is 21.9 Å². The zero-order valence-electron chi connectivity index (χ0n) is 39.2. The van der Waals surface area contributed by atoms with Gasteiger partial charge in [0.15, 0.2) is 13.6 Å². The molecule has 4 unspecified atom stereocenters. The second kappa shape index (κ2) is 24.8. The maximum atomic E-state index is 12.6. The largest absolute Gasteiger partial charge is 0.425 e. The van der Waals surface area contributed by atoms with E-state index >= 15 is 0 Å². The molecule has 19 nitrogen and oxygen atoms in total. The van der Waals surface area contributed by atoms with Crippen LogP contribution in [0, 0.1) is 21.7 Å². The number of hydrogen-bond donors (Lipinski definition) is 4. The Balaban J connectivity index is 1.64. The van der Waals surface area contributed by atoms with Crippen molar-refractivity contribution in [1.29, 1.82) is 0 Å². The summed E-state index contributed by atoms with van der Waals surface area (Å²) >= 11 is 0. The number of hydrogen-bond acceptors (Lipinski definition) is 15. The van der Waals surface area contributed by atoms with Crippen LogP contribution in [0.3, 0.4) is 0 Å². The molecule has 4 amide bonds. The van der Waals surface area contributed by atoms with E-state index in [1.165, 1.54) is 0 Å². The van der Waals surface area contributed by atoms with Crippen LogP contribution in [0.25, 0.3) is 0 Å². The van der Waals surface area contributed by atoms with Crippen LogP contribution in [0.4, 0.5) is 19.2 Å². The molecule has 21 heteroatoms. The monoisotopic (exact) mass is 930 g/mol. The molecule has 2 aliphatic carbocycles. The first-order chi connectivity index (χ1) is 29.2. The van der Waals surface area contributed by atoms with Crippen LogP contribution in [0.15, 0.2) is 25.3 Å². The molecule has 0 heterocycles. The Morgan fingerprint density at radius 2 is 0.968 bits per heavy atom. The number of carbonyl (C=O) groups is 6. The van der Waals surface area contributed by atoms with Gasteiger partial charge in [-0.15, -0.1) is 0 Å². The molecule has 2 saturated carbocycles. The fraction of sp³-hybridized carbons (Fsp3) is 0.762. The van der Waals surface area contributed by atoms with Crippen molar-refractivity contribution >= 4 is 52.7 Å². The van der Waals surface area contributed by atoms with Crippen molar-refractivity contribution in [3.05, 3.63) is 25.3 Å². The molecule has 2 fully saturated rings. The van der Waals surface area contributed by atoms with E-state index < -0.39 is 66.3 Å². The molecule has 0 saturated heterocycles. The molecule has 360 valence electrons. The van der Waals surface area contributed by atoms with Gasteiger partial charge in [0, 0.05) is 50.2 Å². The first-order valence-electron chi connectivity index (χ1n) is 21.2. The smallest absolute Gasteiger partial charge is 0.410 e. The van der Waals surface area contributed by atoms with Crippen molar-refractivity contribution < 1.29 is 71.1 Å². The van der Waals surface area contributed by atoms with Gasteiger partial charge in [-0.3, -0.25) is 0 Å². The summed E-state index contributed by atoms with van der Waals surface area (Å²) in [5.74, 6) is -1.39. The Labute approximate surface area is 374 Å². The maximum absolute atomic E-state index is 12.6. The van der Waals surface area contributed by atoms with Gasteiger partial charge < -0.3 is 63.6 Å². The Kier molecular flexibility index (Phi) is 21.6. The minimum absolute atomic E-state index is 0.124. The standard InChI is InChI=1S/C42H74N4O15Si2/c1-13-33(47)55-27-59-37(51)45-31-17-39(3,4)21-41(7,19-31)23-43-35(49)57-25-53-29-62(9,10)16-15-61-63(11,12)30-54-26-58-36(50)44-24-42(8)20-32(18-40(5,6)22-42)46-38(52)60-28-56-34(48)14-2/h13-14,31-32H,1-2,15-30H2,3-12H3,(H,43,49)(H,44,50)(H,45,51)(H,46,52). The molecule has 4 atom stereocenters. The van der Waals surface area contributed by atoms with E-state index in [0.717, 1.165) is 31.0 Å². The van der Waals surface area contributed by atoms with Crippen LogP contribution in [0.1, 0.15) is 80.1 Å². The maximum Gasteiger partial charge on any atom is 0.410 e. The summed E-state index contributed by atoms with van der Waals surface area (Å²) in [5, 5.41) is 11.4. The highest BCUT2D eigenvalue weighted by molar-refractivity contribution is 6.77. The van der Waals surface area contributed by atoms with Crippen molar-refractivity contribution in [2.45, 2.75) is 124 Å². The lowest BCUT2D eigenvalue weighted by molar-refractivity contribution is -0.146. The number of rotatable bonds is 24. The van der Waals surface area contributed by atoms with Crippen molar-refractivity contribution in [3.8, 4) is 0 Å². The highest BCUT2D eigenvalue weighted by Crippen LogP contribution is 2.47. The number of esters is 2. The number of nitrogens with one attached hydrogen (secondary N) is 4. The summed E-state index contributed by atoms with van der Waals surface area (Å²) in [6.07, 6.45) is 4.35. The molecule has 2 rings (SSSR count). The van der Waals surface area contributed by atoms with Crippen LogP contribution in [0.5, 0.6) is 0 Å². The topological polar surface area (TPSA) is 234 Å². The predicted molar refractivity (Wildman–Crippen MR) is 237 cm³/mol. The minimum atomic E-state index is -2.25. The first-order valence-corrected chi connectivity index (χ1v) is 27.8. The zero-order valence-corrected chi connectivity index (χ0v) is 41.2. The van der Waals surface area contributed by atoms with Crippen LogP contribution in [-0.4, -0.2) is 124 Å². The lowest BCUT2D eigenvalue weighted by atomic mass is 9.62. The van der Waals surface area contributed by atoms with Gasteiger partial charge in [-0.05, 0) is 79.3 Å². The molecule has 0 aromatic rings. The lowest BCUT2D eigenvalue weighted by Gasteiger charge is -2.46. The normalized spacial score (nSPS) is 22.8. The Morgan fingerprint density at radius 1 is 0.571 bits per heavy atom. The molecule has 63 heavy (non-hydrogen) atoms. The van der Waals surface area contributed by atoms with Gasteiger partial charge in [-0.25, -0.2) is 28.8 Å². The van der Waals surface area contributed by atoms with E-state index in [4.69, 9.17) is 42.3 Å². The molecular weight excluding hydrogens is 857 g/mol. The summed E-state index contributed by atoms with van der Waals surface area (Å²) in [4.78, 5) is 72.1. The van der Waals surface area contributed by atoms with Crippen LogP contribution in [-0.2, 0) is 51.9 Å². The Bertz CT molecular complexity index is 1470. The van der Waals surface area contributed by atoms with Gasteiger partial charge >= 0.3 is 36.3 Å². The quantitative estimate of drug-likeness (QED) is 0.0205. The summed E-state index contributed by atoms with van der Waals surface area (Å²) in [5.41, 5.74) is -0.927. The molecule has 0 bridgehead atoms. The fourth-order valence-electron chi connectivity index (χ4n) is 8.74. The Hall–Kier alpha value is -4.19. The third-order valence-corrected chi connectivity index (χ3v) is 15.2. The molecule has 2 aliphatic rings. The van der Waals surface area contributed by atoms with Gasteiger partial charge in [0.25, 0.3) is 0 Å². The molecule has 0 aliphatic heterocycles. The molecule has 0 aromatic heterocycles. The molecule has 0 aromatic carbocycles. The van der Waals surface area contributed by atoms with E-state index in [9.17, 15) is 28.8 Å². The molecule has 4 N–H and O–H groups in total. The van der Waals surface area contributed by atoms with Crippen LogP contribution < -0.4 is 21.3 Å². The van der Waals surface area contributed by atoms with Gasteiger partial charge in [0.1, 0.15) is 0 Å². The van der Waals surface area contributed by atoms with Crippen molar-refractivity contribution in [2.24, 2.45) is 21.7 Å². The number of ether oxygens (including phenoxy) is 8. The summed E-state index contributed by atoms with van der Waals surface area (Å²) in [6, 6.07) is 0.380.